The summed E-state index contributed by atoms with van der Waals surface area (Å²) in [4.78, 5) is 0. The van der Waals surface area contributed by atoms with Crippen LogP contribution in [-0.4, -0.2) is 16.6 Å². The minimum atomic E-state index is -1.80. The Morgan fingerprint density at radius 1 is 1.00 bits per heavy atom. The van der Waals surface area contributed by atoms with E-state index in [4.69, 9.17) is 8.85 Å². The van der Waals surface area contributed by atoms with Gasteiger partial charge in [-0.25, -0.2) is 0 Å². The molecule has 1 fully saturated rings. The highest BCUT2D eigenvalue weighted by Gasteiger charge is 2.53. The van der Waals surface area contributed by atoms with E-state index in [9.17, 15) is 0 Å². The topological polar surface area (TPSA) is 18.5 Å². The molecule has 0 spiro atoms. The monoisotopic (exact) mass is 456 g/mol. The zero-order valence-electron chi connectivity index (χ0n) is 21.4. The molecule has 3 aliphatic rings. The van der Waals surface area contributed by atoms with E-state index < -0.39 is 16.6 Å². The minimum Gasteiger partial charge on any atom is -0.547 e. The molecule has 3 aliphatic carbocycles. The van der Waals surface area contributed by atoms with Crippen molar-refractivity contribution in [2.75, 3.05) is 0 Å². The minimum absolute atomic E-state index is 0.229. The molecule has 2 nitrogen and oxygen atoms in total. The molecule has 0 amide bonds. The van der Waals surface area contributed by atoms with E-state index in [1.165, 1.54) is 37.9 Å². The van der Waals surface area contributed by atoms with Gasteiger partial charge in [0.2, 0.25) is 16.6 Å². The number of aryl methyl sites for hydroxylation is 1. The molecule has 0 aromatic heterocycles. The van der Waals surface area contributed by atoms with Crippen LogP contribution < -0.4 is 4.43 Å². The van der Waals surface area contributed by atoms with Crippen molar-refractivity contribution in [3.05, 3.63) is 41.2 Å². The summed E-state index contributed by atoms with van der Waals surface area (Å²) in [5.74, 6) is 4.67. The predicted octanol–water partition coefficient (Wildman–Crippen LogP) is 8.27. The molecular formula is C27H44O2Si2. The second kappa shape index (κ2) is 7.51. The number of hydrogen-bond acceptors (Lipinski definition) is 2. The Balaban J connectivity index is 1.54. The van der Waals surface area contributed by atoms with Gasteiger partial charge in [0.1, 0.15) is 5.75 Å². The van der Waals surface area contributed by atoms with Gasteiger partial charge in [0.25, 0.3) is 0 Å². The van der Waals surface area contributed by atoms with Gasteiger partial charge in [-0.3, -0.25) is 0 Å². The van der Waals surface area contributed by atoms with Crippen LogP contribution in [0.4, 0.5) is 0 Å². The Labute approximate surface area is 193 Å². The molecule has 31 heavy (non-hydrogen) atoms. The van der Waals surface area contributed by atoms with Crippen LogP contribution in [0.3, 0.4) is 0 Å². The van der Waals surface area contributed by atoms with Crippen molar-refractivity contribution in [2.24, 2.45) is 17.3 Å². The number of benzene rings is 1. The van der Waals surface area contributed by atoms with Crippen molar-refractivity contribution in [2.45, 2.75) is 103 Å². The van der Waals surface area contributed by atoms with Crippen molar-refractivity contribution >= 4 is 16.6 Å². The van der Waals surface area contributed by atoms with Crippen LogP contribution in [0, 0.1) is 17.3 Å². The molecular weight excluding hydrogens is 412 g/mol. The Bertz CT molecular complexity index is 874. The van der Waals surface area contributed by atoms with Crippen LogP contribution >= 0.6 is 0 Å². The van der Waals surface area contributed by atoms with Crippen molar-refractivity contribution < 1.29 is 8.85 Å². The molecule has 1 aromatic rings. The second-order valence-electron chi connectivity index (χ2n) is 13.1. The zero-order valence-corrected chi connectivity index (χ0v) is 23.4. The van der Waals surface area contributed by atoms with Gasteiger partial charge in [0.15, 0.2) is 0 Å². The fourth-order valence-corrected chi connectivity index (χ4v) is 8.08. The van der Waals surface area contributed by atoms with Crippen LogP contribution in [0.25, 0.3) is 0 Å². The lowest BCUT2D eigenvalue weighted by atomic mass is 9.55. The first kappa shape index (κ1) is 23.2. The van der Waals surface area contributed by atoms with E-state index in [1.54, 1.807) is 11.1 Å². The van der Waals surface area contributed by atoms with Crippen LogP contribution in [-0.2, 0) is 10.8 Å². The molecule has 172 valence electrons. The summed E-state index contributed by atoms with van der Waals surface area (Å²) in [7, 11) is -3.36. The molecule has 0 unspecified atom stereocenters. The van der Waals surface area contributed by atoms with Crippen LogP contribution in [0.15, 0.2) is 30.0 Å². The summed E-state index contributed by atoms with van der Waals surface area (Å²) in [5.41, 5.74) is 3.41. The summed E-state index contributed by atoms with van der Waals surface area (Å²) in [6.07, 6.45) is 8.73. The third kappa shape index (κ3) is 4.19. The summed E-state index contributed by atoms with van der Waals surface area (Å²) in [5, 5.41) is 0.229. The largest absolute Gasteiger partial charge is 0.547 e. The quantitative estimate of drug-likeness (QED) is 0.424. The number of rotatable bonds is 4. The normalized spacial score (nSPS) is 30.7. The molecule has 0 N–H and O–H groups in total. The average Bonchev–Trinajstić information content (AvgIpc) is 2.95. The Hall–Kier alpha value is -1.01. The van der Waals surface area contributed by atoms with Crippen molar-refractivity contribution in [1.29, 1.82) is 0 Å². The first-order valence-corrected chi connectivity index (χ1v) is 18.7. The molecule has 0 saturated heterocycles. The number of fused-ring (bicyclic) bond motifs is 5. The van der Waals surface area contributed by atoms with Gasteiger partial charge in [-0.1, -0.05) is 33.8 Å². The molecule has 1 saturated carbocycles. The lowest BCUT2D eigenvalue weighted by Gasteiger charge is -2.50. The first-order chi connectivity index (χ1) is 14.2. The summed E-state index contributed by atoms with van der Waals surface area (Å²) < 4.78 is 13.2. The fourth-order valence-electron chi connectivity index (χ4n) is 6.09. The van der Waals surface area contributed by atoms with E-state index in [0.29, 0.717) is 5.92 Å². The van der Waals surface area contributed by atoms with Gasteiger partial charge >= 0.3 is 0 Å². The second-order valence-corrected chi connectivity index (χ2v) is 22.3. The number of hydrogen-bond donors (Lipinski definition) is 0. The predicted molar refractivity (Wildman–Crippen MR) is 137 cm³/mol. The summed E-state index contributed by atoms with van der Waals surface area (Å²) >= 11 is 0. The molecule has 0 aliphatic heterocycles. The van der Waals surface area contributed by atoms with Crippen molar-refractivity contribution in [3.8, 4) is 5.75 Å². The lowest BCUT2D eigenvalue weighted by Crippen LogP contribution is -2.44. The standard InChI is InChI=1S/C27H44O2Si2/c1-26(2,3)31(8,9)28-20-11-13-21-19(18-20)10-12-23-22(21)16-17-27(4)24(23)14-15-25(27)29-30(5,6)7/h11,13,15,18,22-24H,10,12,14,16-17H2,1-9H3/t22-,23-,24+,27+/m1/s1. The Morgan fingerprint density at radius 3 is 2.35 bits per heavy atom. The maximum absolute atomic E-state index is 6.63. The van der Waals surface area contributed by atoms with Gasteiger partial charge in [0.05, 0.1) is 5.76 Å². The summed E-state index contributed by atoms with van der Waals surface area (Å²) in [6.45, 7) is 21.1. The SMILES string of the molecule is CC(C)(C)[Si](C)(C)Oc1ccc2c(c1)CC[C@@H]1[C@@H]2CC[C@]2(C)C(O[Si](C)(C)C)=CC[C@@H]12. The van der Waals surface area contributed by atoms with E-state index >= 15 is 0 Å². The van der Waals surface area contributed by atoms with Crippen LogP contribution in [0.1, 0.15) is 70.4 Å². The summed E-state index contributed by atoms with van der Waals surface area (Å²) in [6, 6.07) is 7.06. The van der Waals surface area contributed by atoms with Gasteiger partial charge < -0.3 is 8.85 Å². The zero-order chi connectivity index (χ0) is 22.8. The average molecular weight is 457 g/mol. The highest BCUT2D eigenvalue weighted by molar-refractivity contribution is 6.74. The van der Waals surface area contributed by atoms with E-state index in [0.717, 1.165) is 17.6 Å². The van der Waals surface area contributed by atoms with Gasteiger partial charge in [0, 0.05) is 5.41 Å². The number of allylic oxidation sites excluding steroid dienone is 2. The molecule has 0 bridgehead atoms. The molecule has 4 atom stereocenters. The first-order valence-electron chi connectivity index (χ1n) is 12.4. The van der Waals surface area contributed by atoms with Crippen LogP contribution in [0.5, 0.6) is 5.75 Å². The van der Waals surface area contributed by atoms with E-state index in [2.05, 4.69) is 84.7 Å². The van der Waals surface area contributed by atoms with Crippen LogP contribution in [0.2, 0.25) is 37.8 Å². The smallest absolute Gasteiger partial charge is 0.250 e. The molecule has 0 heterocycles. The molecule has 1 aromatic carbocycles. The van der Waals surface area contributed by atoms with E-state index in [1.807, 2.05) is 0 Å². The fraction of sp³-hybridized carbons (Fsp3) is 0.704. The molecule has 4 rings (SSSR count). The highest BCUT2D eigenvalue weighted by Crippen LogP contribution is 2.61. The Morgan fingerprint density at radius 2 is 1.71 bits per heavy atom. The van der Waals surface area contributed by atoms with Crippen molar-refractivity contribution in [3.63, 3.8) is 0 Å². The van der Waals surface area contributed by atoms with Gasteiger partial charge in [-0.15, -0.1) is 0 Å². The third-order valence-electron chi connectivity index (χ3n) is 8.80. The molecule has 0 radical (unpaired) electrons. The lowest BCUT2D eigenvalue weighted by molar-refractivity contribution is 0.0506. The van der Waals surface area contributed by atoms with Gasteiger partial charge in [-0.2, -0.15) is 0 Å². The Kier molecular flexibility index (Phi) is 5.61. The maximum Gasteiger partial charge on any atom is 0.250 e. The van der Waals surface area contributed by atoms with Gasteiger partial charge in [-0.05, 0) is 117 Å². The molecule has 4 heteroatoms. The third-order valence-corrected chi connectivity index (χ3v) is 14.0. The van der Waals surface area contributed by atoms with Crippen molar-refractivity contribution in [1.82, 2.24) is 0 Å². The maximum atomic E-state index is 6.63. The highest BCUT2D eigenvalue weighted by atomic mass is 28.4. The van der Waals surface area contributed by atoms with E-state index in [-0.39, 0.29) is 10.5 Å².